The number of likely N-dealkylation sites (tertiary alicyclic amines) is 1. The third kappa shape index (κ3) is 6.31. The first-order valence-corrected chi connectivity index (χ1v) is 14.1. The van der Waals surface area contributed by atoms with Crippen molar-refractivity contribution in [3.05, 3.63) is 95.1 Å². The quantitative estimate of drug-likeness (QED) is 0.284. The minimum Gasteiger partial charge on any atom is -0.508 e. The number of unbranched alkanes of at least 4 members (excludes halogenated alkanes) is 5. The van der Waals surface area contributed by atoms with Crippen molar-refractivity contribution >= 4 is 0 Å². The van der Waals surface area contributed by atoms with E-state index in [9.17, 15) is 5.11 Å². The number of aromatic hydroxyl groups is 1. The van der Waals surface area contributed by atoms with Gasteiger partial charge < -0.3 is 14.7 Å². The van der Waals surface area contributed by atoms with E-state index in [1.54, 1.807) is 12.1 Å². The molecule has 190 valence electrons. The highest BCUT2D eigenvalue weighted by atomic mass is 16.5. The van der Waals surface area contributed by atoms with Gasteiger partial charge in [-0.15, -0.1) is 0 Å². The molecule has 36 heavy (non-hydrogen) atoms. The summed E-state index contributed by atoms with van der Waals surface area (Å²) in [6.07, 6.45) is 12.1. The molecule has 1 fully saturated rings. The van der Waals surface area contributed by atoms with Crippen LogP contribution >= 0.6 is 0 Å². The van der Waals surface area contributed by atoms with Crippen LogP contribution in [0, 0.1) is 0 Å². The number of rotatable bonds is 11. The van der Waals surface area contributed by atoms with E-state index in [0.717, 1.165) is 17.7 Å². The van der Waals surface area contributed by atoms with Gasteiger partial charge in [0, 0.05) is 23.5 Å². The molecular weight excluding hydrogens is 442 g/mol. The van der Waals surface area contributed by atoms with Crippen LogP contribution in [0.25, 0.3) is 0 Å². The van der Waals surface area contributed by atoms with Crippen molar-refractivity contribution in [2.24, 2.45) is 0 Å². The maximum Gasteiger partial charge on any atom is 0.126 e. The number of benzene rings is 3. The molecule has 0 amide bonds. The second kappa shape index (κ2) is 12.5. The Balaban J connectivity index is 1.15. The molecule has 0 aliphatic carbocycles. The molecule has 2 atom stereocenters. The number of phenols is 1. The molecule has 1 saturated heterocycles. The fourth-order valence-corrected chi connectivity index (χ4v) is 6.07. The van der Waals surface area contributed by atoms with Crippen molar-refractivity contribution in [1.82, 2.24) is 4.90 Å². The average Bonchev–Trinajstić information content (AvgIpc) is 3.44. The SMILES string of the molecule is Oc1ccc2c(c1)OC[C@@H](c1ccccc1)[C@H]2c1ccc(CCCCCCCCN2CCCC2)cc1. The predicted molar refractivity (Wildman–Crippen MR) is 148 cm³/mol. The summed E-state index contributed by atoms with van der Waals surface area (Å²) in [6.45, 7) is 4.59. The Labute approximate surface area is 217 Å². The van der Waals surface area contributed by atoms with Gasteiger partial charge in [-0.3, -0.25) is 0 Å². The monoisotopic (exact) mass is 483 g/mol. The van der Waals surface area contributed by atoms with Gasteiger partial charge in [-0.05, 0) is 74.5 Å². The highest BCUT2D eigenvalue weighted by Crippen LogP contribution is 2.46. The molecule has 0 bridgehead atoms. The van der Waals surface area contributed by atoms with Gasteiger partial charge in [0.1, 0.15) is 11.5 Å². The summed E-state index contributed by atoms with van der Waals surface area (Å²) in [4.78, 5) is 2.63. The maximum absolute atomic E-state index is 9.99. The Bertz CT molecular complexity index is 1070. The zero-order chi connectivity index (χ0) is 24.6. The zero-order valence-electron chi connectivity index (χ0n) is 21.6. The van der Waals surface area contributed by atoms with Crippen molar-refractivity contribution in [3.8, 4) is 11.5 Å². The molecule has 2 aliphatic rings. The lowest BCUT2D eigenvalue weighted by Crippen LogP contribution is -2.25. The van der Waals surface area contributed by atoms with Gasteiger partial charge in [0.05, 0.1) is 6.61 Å². The third-order valence-corrected chi connectivity index (χ3v) is 8.11. The van der Waals surface area contributed by atoms with Crippen LogP contribution in [0.3, 0.4) is 0 Å². The first kappa shape index (κ1) is 24.9. The molecule has 3 aromatic carbocycles. The highest BCUT2D eigenvalue weighted by molar-refractivity contribution is 5.50. The Morgan fingerprint density at radius 1 is 0.750 bits per heavy atom. The highest BCUT2D eigenvalue weighted by Gasteiger charge is 2.33. The van der Waals surface area contributed by atoms with Crippen molar-refractivity contribution in [1.29, 1.82) is 0 Å². The molecule has 1 N–H and O–H groups in total. The van der Waals surface area contributed by atoms with Gasteiger partial charge in [-0.1, -0.05) is 86.3 Å². The summed E-state index contributed by atoms with van der Waals surface area (Å²) < 4.78 is 6.11. The number of hydrogen-bond acceptors (Lipinski definition) is 3. The van der Waals surface area contributed by atoms with Crippen LogP contribution in [0.1, 0.15) is 85.5 Å². The molecule has 3 nitrogen and oxygen atoms in total. The summed E-state index contributed by atoms with van der Waals surface area (Å²) >= 11 is 0. The topological polar surface area (TPSA) is 32.7 Å². The van der Waals surface area contributed by atoms with Crippen LogP contribution in [-0.2, 0) is 6.42 Å². The van der Waals surface area contributed by atoms with Gasteiger partial charge in [0.15, 0.2) is 0 Å². The van der Waals surface area contributed by atoms with Crippen LogP contribution in [0.15, 0.2) is 72.8 Å². The summed E-state index contributed by atoms with van der Waals surface area (Å²) in [5.41, 5.74) is 5.21. The molecule has 0 saturated carbocycles. The Morgan fingerprint density at radius 2 is 1.47 bits per heavy atom. The zero-order valence-corrected chi connectivity index (χ0v) is 21.6. The molecular formula is C33H41NO2. The van der Waals surface area contributed by atoms with E-state index >= 15 is 0 Å². The molecule has 2 heterocycles. The van der Waals surface area contributed by atoms with Gasteiger partial charge >= 0.3 is 0 Å². The molecule has 0 unspecified atom stereocenters. The molecule has 0 aromatic heterocycles. The maximum atomic E-state index is 9.99. The smallest absolute Gasteiger partial charge is 0.126 e. The van der Waals surface area contributed by atoms with Crippen LogP contribution in [0.2, 0.25) is 0 Å². The number of phenolic OH excluding ortho intramolecular Hbond substituents is 1. The van der Waals surface area contributed by atoms with Crippen molar-refractivity contribution in [2.75, 3.05) is 26.2 Å². The van der Waals surface area contributed by atoms with Gasteiger partial charge in [0.25, 0.3) is 0 Å². The first-order valence-electron chi connectivity index (χ1n) is 14.1. The molecule has 2 aliphatic heterocycles. The third-order valence-electron chi connectivity index (χ3n) is 8.11. The van der Waals surface area contributed by atoms with E-state index in [4.69, 9.17) is 4.74 Å². The van der Waals surface area contributed by atoms with E-state index < -0.39 is 0 Å². The summed E-state index contributed by atoms with van der Waals surface area (Å²) in [6, 6.07) is 25.5. The Hall–Kier alpha value is -2.78. The van der Waals surface area contributed by atoms with E-state index in [1.807, 2.05) is 6.07 Å². The molecule has 5 rings (SSSR count). The molecule has 0 spiro atoms. The lowest BCUT2D eigenvalue weighted by atomic mass is 9.75. The van der Waals surface area contributed by atoms with Crippen LogP contribution in [0.5, 0.6) is 11.5 Å². The largest absolute Gasteiger partial charge is 0.508 e. The standard InChI is InChI=1S/C33H41NO2/c35-29-19-20-30-32(24-29)36-25-31(27-13-7-5-8-14-27)33(30)28-17-15-26(16-18-28)12-6-3-1-2-4-9-21-34-22-10-11-23-34/h5,7-8,13-20,24,31,33,35H,1-4,6,9-12,21-23,25H2/t31-,33-/m0/s1. The minimum atomic E-state index is 0.214. The lowest BCUT2D eigenvalue weighted by molar-refractivity contribution is 0.248. The van der Waals surface area contributed by atoms with Gasteiger partial charge in [0.2, 0.25) is 0 Å². The fourth-order valence-electron chi connectivity index (χ4n) is 6.07. The number of nitrogens with zero attached hydrogens (tertiary/aromatic N) is 1. The Morgan fingerprint density at radius 3 is 2.25 bits per heavy atom. The number of ether oxygens (including phenoxy) is 1. The number of fused-ring (bicyclic) bond motifs is 1. The van der Waals surface area contributed by atoms with E-state index in [2.05, 4.69) is 59.5 Å². The second-order valence-corrected chi connectivity index (χ2v) is 10.7. The second-order valence-electron chi connectivity index (χ2n) is 10.7. The van der Waals surface area contributed by atoms with Crippen LogP contribution < -0.4 is 4.74 Å². The Kier molecular flexibility index (Phi) is 8.61. The summed E-state index contributed by atoms with van der Waals surface area (Å²) in [5.74, 6) is 1.52. The van der Waals surface area contributed by atoms with Crippen LogP contribution in [0.4, 0.5) is 0 Å². The van der Waals surface area contributed by atoms with E-state index in [1.165, 1.54) is 87.7 Å². The average molecular weight is 484 g/mol. The molecule has 3 aromatic rings. The summed E-state index contributed by atoms with van der Waals surface area (Å²) in [7, 11) is 0. The number of aryl methyl sites for hydroxylation is 1. The van der Waals surface area contributed by atoms with Crippen molar-refractivity contribution in [3.63, 3.8) is 0 Å². The minimum absolute atomic E-state index is 0.214. The lowest BCUT2D eigenvalue weighted by Gasteiger charge is -2.34. The van der Waals surface area contributed by atoms with Crippen molar-refractivity contribution in [2.45, 2.75) is 69.6 Å². The summed E-state index contributed by atoms with van der Waals surface area (Å²) in [5, 5.41) is 9.99. The van der Waals surface area contributed by atoms with Gasteiger partial charge in [-0.25, -0.2) is 0 Å². The fraction of sp³-hybridized carbons (Fsp3) is 0.455. The number of hydrogen-bond donors (Lipinski definition) is 1. The van der Waals surface area contributed by atoms with Gasteiger partial charge in [-0.2, -0.15) is 0 Å². The van der Waals surface area contributed by atoms with E-state index in [0.29, 0.717) is 6.61 Å². The molecule has 0 radical (unpaired) electrons. The predicted octanol–water partition coefficient (Wildman–Crippen LogP) is 7.68. The van der Waals surface area contributed by atoms with Crippen LogP contribution in [-0.4, -0.2) is 36.2 Å². The van der Waals surface area contributed by atoms with Crippen molar-refractivity contribution < 1.29 is 9.84 Å². The normalized spacial score (nSPS) is 19.7. The first-order chi connectivity index (χ1) is 17.8. The van der Waals surface area contributed by atoms with E-state index in [-0.39, 0.29) is 17.6 Å². The molecule has 3 heteroatoms.